The van der Waals surface area contributed by atoms with E-state index in [4.69, 9.17) is 15.9 Å². The number of H-pyrrole nitrogens is 1. The zero-order chi connectivity index (χ0) is 10.1. The molecular formula is C8H8N4O2. The number of aromatic nitrogens is 2. The first kappa shape index (κ1) is 8.36. The Balaban J connectivity index is 2.63. The molecule has 0 unspecified atom stereocenters. The molecule has 0 saturated carbocycles. The predicted octanol–water partition coefficient (Wildman–Crippen LogP) is 0.194. The molecule has 0 aromatic carbocycles. The predicted molar refractivity (Wildman–Crippen MR) is 51.4 cm³/mol. The van der Waals surface area contributed by atoms with Gasteiger partial charge in [-0.2, -0.15) is 0 Å². The normalized spacial score (nSPS) is 10.3. The molecule has 0 saturated heterocycles. The lowest BCUT2D eigenvalue weighted by Crippen LogP contribution is -2.16. The summed E-state index contributed by atoms with van der Waals surface area (Å²) in [7, 11) is 0. The summed E-state index contributed by atoms with van der Waals surface area (Å²) in [5.74, 6) is 0.709. The molecule has 6 heteroatoms. The number of rotatable bonds is 1. The molecule has 72 valence electrons. The molecule has 0 amide bonds. The van der Waals surface area contributed by atoms with E-state index in [1.807, 2.05) is 0 Å². The van der Waals surface area contributed by atoms with Gasteiger partial charge in [-0.3, -0.25) is 4.79 Å². The molecule has 5 N–H and O–H groups in total. The molecule has 0 aliphatic heterocycles. The number of aromatic amines is 1. The van der Waals surface area contributed by atoms with E-state index >= 15 is 0 Å². The zero-order valence-corrected chi connectivity index (χ0v) is 7.15. The summed E-state index contributed by atoms with van der Waals surface area (Å²) in [6.07, 6.45) is 1.47. The molecule has 0 bridgehead atoms. The summed E-state index contributed by atoms with van der Waals surface area (Å²) in [4.78, 5) is 17.5. The average Bonchev–Trinajstić information content (AvgIpc) is 2.66. The van der Waals surface area contributed by atoms with Crippen molar-refractivity contribution in [1.82, 2.24) is 9.97 Å². The largest absolute Gasteiger partial charge is 0.461 e. The lowest BCUT2D eigenvalue weighted by molar-refractivity contribution is 0.577. The van der Waals surface area contributed by atoms with Crippen molar-refractivity contribution >= 4 is 11.5 Å². The maximum Gasteiger partial charge on any atom is 0.276 e. The number of anilines is 2. The zero-order valence-electron chi connectivity index (χ0n) is 7.15. The Hall–Kier alpha value is -2.24. The fourth-order valence-electron chi connectivity index (χ4n) is 1.03. The molecule has 0 radical (unpaired) electrons. The topological polar surface area (TPSA) is 111 Å². The summed E-state index contributed by atoms with van der Waals surface area (Å²) in [6.45, 7) is 0. The minimum absolute atomic E-state index is 0.000139. The van der Waals surface area contributed by atoms with Gasteiger partial charge in [0.1, 0.15) is 5.69 Å². The molecule has 2 rings (SSSR count). The molecule has 0 fully saturated rings. The van der Waals surface area contributed by atoms with Crippen LogP contribution in [0, 0.1) is 0 Å². The molecular weight excluding hydrogens is 184 g/mol. The van der Waals surface area contributed by atoms with E-state index in [2.05, 4.69) is 9.97 Å². The van der Waals surface area contributed by atoms with Crippen LogP contribution in [-0.2, 0) is 0 Å². The Morgan fingerprint density at radius 1 is 1.43 bits per heavy atom. The van der Waals surface area contributed by atoms with Gasteiger partial charge in [0.05, 0.1) is 6.26 Å². The van der Waals surface area contributed by atoms with Crippen molar-refractivity contribution < 1.29 is 4.42 Å². The number of nitrogens with one attached hydrogen (secondary N) is 1. The van der Waals surface area contributed by atoms with Gasteiger partial charge in [0.25, 0.3) is 5.56 Å². The van der Waals surface area contributed by atoms with Crippen LogP contribution >= 0.6 is 0 Å². The van der Waals surface area contributed by atoms with Crippen LogP contribution in [0.15, 0.2) is 27.6 Å². The third-order valence-corrected chi connectivity index (χ3v) is 1.74. The van der Waals surface area contributed by atoms with Crippen LogP contribution in [0.25, 0.3) is 11.6 Å². The van der Waals surface area contributed by atoms with Crippen LogP contribution in [0.4, 0.5) is 11.5 Å². The molecule has 2 heterocycles. The first-order valence-electron chi connectivity index (χ1n) is 3.87. The fraction of sp³-hybridized carbons (Fsp3) is 0. The second-order valence-electron chi connectivity index (χ2n) is 2.69. The minimum Gasteiger partial charge on any atom is -0.461 e. The van der Waals surface area contributed by atoms with Crippen LogP contribution in [-0.4, -0.2) is 9.97 Å². The Labute approximate surface area is 78.6 Å². The number of nitrogen functional groups attached to an aromatic ring is 2. The van der Waals surface area contributed by atoms with Crippen LogP contribution in [0.1, 0.15) is 0 Å². The summed E-state index contributed by atoms with van der Waals surface area (Å²) >= 11 is 0. The van der Waals surface area contributed by atoms with E-state index in [9.17, 15) is 4.79 Å². The second kappa shape index (κ2) is 2.91. The van der Waals surface area contributed by atoms with Crippen LogP contribution < -0.4 is 17.0 Å². The molecule has 0 atom stereocenters. The van der Waals surface area contributed by atoms with Gasteiger partial charge >= 0.3 is 0 Å². The van der Waals surface area contributed by atoms with Crippen molar-refractivity contribution in [2.75, 3.05) is 11.5 Å². The SMILES string of the molecule is Nc1nc(-c2ccco2)[nH]c(=O)c1N. The number of hydrogen-bond acceptors (Lipinski definition) is 5. The van der Waals surface area contributed by atoms with E-state index in [0.29, 0.717) is 5.76 Å². The fourth-order valence-corrected chi connectivity index (χ4v) is 1.03. The maximum atomic E-state index is 11.2. The summed E-state index contributed by atoms with van der Waals surface area (Å²) in [6, 6.07) is 3.34. The maximum absolute atomic E-state index is 11.2. The second-order valence-corrected chi connectivity index (χ2v) is 2.69. The highest BCUT2D eigenvalue weighted by molar-refractivity contribution is 5.60. The number of furan rings is 1. The lowest BCUT2D eigenvalue weighted by Gasteiger charge is -2.00. The Kier molecular flexibility index (Phi) is 1.74. The van der Waals surface area contributed by atoms with E-state index in [1.165, 1.54) is 6.26 Å². The van der Waals surface area contributed by atoms with Crippen LogP contribution in [0.3, 0.4) is 0 Å². The van der Waals surface area contributed by atoms with Crippen molar-refractivity contribution in [3.8, 4) is 11.6 Å². The van der Waals surface area contributed by atoms with Crippen LogP contribution in [0.5, 0.6) is 0 Å². The minimum atomic E-state index is -0.469. The first-order chi connectivity index (χ1) is 6.68. The van der Waals surface area contributed by atoms with Gasteiger partial charge in [0.15, 0.2) is 17.4 Å². The Bertz CT molecular complexity index is 501. The molecule has 2 aromatic rings. The highest BCUT2D eigenvalue weighted by Crippen LogP contribution is 2.15. The number of hydrogen-bond donors (Lipinski definition) is 3. The monoisotopic (exact) mass is 192 g/mol. The first-order valence-corrected chi connectivity index (χ1v) is 3.87. The molecule has 14 heavy (non-hydrogen) atoms. The highest BCUT2D eigenvalue weighted by atomic mass is 16.3. The third-order valence-electron chi connectivity index (χ3n) is 1.74. The van der Waals surface area contributed by atoms with Gasteiger partial charge in [-0.1, -0.05) is 0 Å². The van der Waals surface area contributed by atoms with Gasteiger partial charge in [-0.25, -0.2) is 4.98 Å². The molecule has 0 aliphatic rings. The highest BCUT2D eigenvalue weighted by Gasteiger charge is 2.08. The van der Waals surface area contributed by atoms with Gasteiger partial charge in [0, 0.05) is 0 Å². The van der Waals surface area contributed by atoms with E-state index in [1.54, 1.807) is 12.1 Å². The Morgan fingerprint density at radius 3 is 2.79 bits per heavy atom. The number of nitrogens with zero attached hydrogens (tertiary/aromatic N) is 1. The summed E-state index contributed by atoms with van der Waals surface area (Å²) in [5.41, 5.74) is 10.2. The van der Waals surface area contributed by atoms with Gasteiger partial charge in [-0.05, 0) is 12.1 Å². The standard InChI is InChI=1S/C8H8N4O2/c9-5-6(10)11-7(12-8(5)13)4-2-1-3-14-4/h1-3H,9H2,(H3,10,11,12,13). The molecule has 0 spiro atoms. The van der Waals surface area contributed by atoms with E-state index < -0.39 is 5.56 Å². The van der Waals surface area contributed by atoms with Crippen molar-refractivity contribution in [2.24, 2.45) is 0 Å². The average molecular weight is 192 g/mol. The molecule has 6 nitrogen and oxygen atoms in total. The van der Waals surface area contributed by atoms with Crippen molar-refractivity contribution in [2.45, 2.75) is 0 Å². The summed E-state index contributed by atoms with van der Waals surface area (Å²) in [5, 5.41) is 0. The third kappa shape index (κ3) is 1.22. The number of nitrogens with two attached hydrogens (primary N) is 2. The van der Waals surface area contributed by atoms with Gasteiger partial charge in [-0.15, -0.1) is 0 Å². The van der Waals surface area contributed by atoms with E-state index in [-0.39, 0.29) is 17.3 Å². The summed E-state index contributed by atoms with van der Waals surface area (Å²) < 4.78 is 5.04. The quantitative estimate of drug-likeness (QED) is 0.597. The lowest BCUT2D eigenvalue weighted by atomic mass is 10.4. The molecule has 0 aliphatic carbocycles. The molecule has 2 aromatic heterocycles. The Morgan fingerprint density at radius 2 is 2.21 bits per heavy atom. The van der Waals surface area contributed by atoms with Crippen molar-refractivity contribution in [1.29, 1.82) is 0 Å². The van der Waals surface area contributed by atoms with Gasteiger partial charge < -0.3 is 20.9 Å². The van der Waals surface area contributed by atoms with E-state index in [0.717, 1.165) is 0 Å². The van der Waals surface area contributed by atoms with Crippen molar-refractivity contribution in [3.63, 3.8) is 0 Å². The van der Waals surface area contributed by atoms with Crippen LogP contribution in [0.2, 0.25) is 0 Å². The van der Waals surface area contributed by atoms with Gasteiger partial charge in [0.2, 0.25) is 0 Å². The smallest absolute Gasteiger partial charge is 0.276 e. The van der Waals surface area contributed by atoms with Crippen molar-refractivity contribution in [3.05, 3.63) is 28.7 Å².